The second-order valence-electron chi connectivity index (χ2n) is 6.95. The number of carbonyl (C=O) groups is 2. The number of pyridine rings is 1. The largest absolute Gasteiger partial charge is 0.342 e. The zero-order valence-electron chi connectivity index (χ0n) is 16.4. The summed E-state index contributed by atoms with van der Waals surface area (Å²) in [7, 11) is 0. The van der Waals surface area contributed by atoms with Crippen molar-refractivity contribution in [1.82, 2.24) is 20.2 Å². The summed E-state index contributed by atoms with van der Waals surface area (Å²) in [6.45, 7) is 1.63. The van der Waals surface area contributed by atoms with Crippen LogP contribution in [0.4, 0.5) is 0 Å². The van der Waals surface area contributed by atoms with Crippen LogP contribution >= 0.6 is 23.1 Å². The fourth-order valence-corrected chi connectivity index (χ4v) is 4.72. The molecule has 0 spiro atoms. The Morgan fingerprint density at radius 2 is 1.90 bits per heavy atom. The smallest absolute Gasteiger partial charge is 0.255 e. The summed E-state index contributed by atoms with van der Waals surface area (Å²) in [4.78, 5) is 35.6. The fraction of sp³-hybridized carbons (Fsp3) is 0.273. The van der Waals surface area contributed by atoms with E-state index in [2.05, 4.69) is 15.3 Å². The van der Waals surface area contributed by atoms with E-state index in [4.69, 9.17) is 0 Å². The van der Waals surface area contributed by atoms with E-state index in [0.29, 0.717) is 10.6 Å². The molecule has 1 N–H and O–H groups in total. The van der Waals surface area contributed by atoms with Crippen LogP contribution in [0.5, 0.6) is 0 Å². The Kier molecular flexibility index (Phi) is 6.76. The number of amides is 2. The van der Waals surface area contributed by atoms with Crippen molar-refractivity contribution in [3.05, 3.63) is 76.4 Å². The number of hydrogen-bond donors (Lipinski definition) is 1. The average Bonchev–Trinajstić information content (AvgIpc) is 3.51. The van der Waals surface area contributed by atoms with Gasteiger partial charge in [0, 0.05) is 30.9 Å². The van der Waals surface area contributed by atoms with Crippen LogP contribution in [0.2, 0.25) is 0 Å². The average molecular weight is 439 g/mol. The molecule has 0 saturated carbocycles. The van der Waals surface area contributed by atoms with Gasteiger partial charge < -0.3 is 10.2 Å². The van der Waals surface area contributed by atoms with Crippen LogP contribution in [-0.4, -0.2) is 45.5 Å². The first-order valence-electron chi connectivity index (χ1n) is 9.82. The maximum Gasteiger partial charge on any atom is 0.255 e. The Morgan fingerprint density at radius 3 is 2.57 bits per heavy atom. The number of thiazole rings is 1. The predicted molar refractivity (Wildman–Crippen MR) is 119 cm³/mol. The number of benzene rings is 1. The van der Waals surface area contributed by atoms with Crippen LogP contribution in [0.25, 0.3) is 0 Å². The summed E-state index contributed by atoms with van der Waals surface area (Å²) in [6, 6.07) is 13.1. The molecule has 1 aliphatic rings. The van der Waals surface area contributed by atoms with Crippen molar-refractivity contribution in [3.8, 4) is 0 Å². The molecule has 30 heavy (non-hydrogen) atoms. The molecule has 0 radical (unpaired) electrons. The molecule has 1 aromatic carbocycles. The second-order valence-corrected chi connectivity index (χ2v) is 8.88. The third kappa shape index (κ3) is 5.06. The van der Waals surface area contributed by atoms with Gasteiger partial charge in [0.05, 0.1) is 16.3 Å². The van der Waals surface area contributed by atoms with Gasteiger partial charge in [0.1, 0.15) is 11.0 Å². The summed E-state index contributed by atoms with van der Waals surface area (Å²) < 4.78 is 0. The van der Waals surface area contributed by atoms with Crippen molar-refractivity contribution in [1.29, 1.82) is 0 Å². The second kappa shape index (κ2) is 9.86. The van der Waals surface area contributed by atoms with Crippen molar-refractivity contribution < 1.29 is 9.59 Å². The Bertz CT molecular complexity index is 972. The van der Waals surface area contributed by atoms with Gasteiger partial charge in [-0.1, -0.05) is 42.1 Å². The Labute approximate surface area is 183 Å². The van der Waals surface area contributed by atoms with Gasteiger partial charge in [-0.05, 0) is 30.5 Å². The van der Waals surface area contributed by atoms with Gasteiger partial charge in [-0.15, -0.1) is 11.3 Å². The molecule has 1 atom stereocenters. The molecule has 0 aliphatic carbocycles. The van der Waals surface area contributed by atoms with E-state index < -0.39 is 0 Å². The van der Waals surface area contributed by atoms with Crippen molar-refractivity contribution in [2.24, 2.45) is 0 Å². The van der Waals surface area contributed by atoms with Crippen molar-refractivity contribution in [2.75, 3.05) is 18.8 Å². The van der Waals surface area contributed by atoms with E-state index in [1.54, 1.807) is 24.5 Å². The van der Waals surface area contributed by atoms with Crippen LogP contribution in [0.1, 0.15) is 39.8 Å². The lowest BCUT2D eigenvalue weighted by atomic mass is 10.1. The Morgan fingerprint density at radius 1 is 1.10 bits per heavy atom. The highest BCUT2D eigenvalue weighted by Crippen LogP contribution is 2.24. The van der Waals surface area contributed by atoms with Gasteiger partial charge in [0.15, 0.2) is 0 Å². The topological polar surface area (TPSA) is 75.2 Å². The minimum absolute atomic E-state index is 0.0310. The first-order valence-corrected chi connectivity index (χ1v) is 11.7. The molecule has 154 valence electrons. The number of thioether (sulfide) groups is 1. The Balaban J connectivity index is 1.35. The SMILES string of the molecule is O=C(CSc1ccc(C(=O)N2CCCC2)cn1)NC(c1ccccc1)c1nccs1. The molecule has 8 heteroatoms. The molecule has 2 amide bonds. The van der Waals surface area contributed by atoms with E-state index in [-0.39, 0.29) is 23.6 Å². The monoisotopic (exact) mass is 438 g/mol. The predicted octanol–water partition coefficient (Wildman–Crippen LogP) is 3.77. The van der Waals surface area contributed by atoms with Gasteiger partial charge in [0.25, 0.3) is 5.91 Å². The lowest BCUT2D eigenvalue weighted by Crippen LogP contribution is -2.30. The maximum absolute atomic E-state index is 12.6. The highest BCUT2D eigenvalue weighted by molar-refractivity contribution is 7.99. The normalized spacial score (nSPS) is 14.5. The fourth-order valence-electron chi connectivity index (χ4n) is 3.35. The molecular weight excluding hydrogens is 416 g/mol. The molecule has 1 fully saturated rings. The number of hydrogen-bond acceptors (Lipinski definition) is 6. The molecule has 6 nitrogen and oxygen atoms in total. The minimum atomic E-state index is -0.271. The van der Waals surface area contributed by atoms with Gasteiger partial charge in [-0.25, -0.2) is 9.97 Å². The number of carbonyl (C=O) groups excluding carboxylic acids is 2. The highest BCUT2D eigenvalue weighted by atomic mass is 32.2. The molecular formula is C22H22N4O2S2. The zero-order valence-corrected chi connectivity index (χ0v) is 18.0. The van der Waals surface area contributed by atoms with Crippen molar-refractivity contribution in [2.45, 2.75) is 23.9 Å². The summed E-state index contributed by atoms with van der Waals surface area (Å²) in [6.07, 6.45) is 5.47. The molecule has 3 heterocycles. The minimum Gasteiger partial charge on any atom is -0.342 e. The number of aromatic nitrogens is 2. The first-order chi connectivity index (χ1) is 14.7. The Hall–Kier alpha value is -2.71. The lowest BCUT2D eigenvalue weighted by molar-refractivity contribution is -0.119. The molecule has 1 saturated heterocycles. The maximum atomic E-state index is 12.6. The summed E-state index contributed by atoms with van der Waals surface area (Å²) >= 11 is 2.87. The summed E-state index contributed by atoms with van der Waals surface area (Å²) in [5.74, 6) is 0.174. The van der Waals surface area contributed by atoms with Crippen LogP contribution in [0.3, 0.4) is 0 Å². The van der Waals surface area contributed by atoms with Crippen LogP contribution in [0, 0.1) is 0 Å². The van der Waals surface area contributed by atoms with Crippen molar-refractivity contribution in [3.63, 3.8) is 0 Å². The van der Waals surface area contributed by atoms with Gasteiger partial charge in [-0.3, -0.25) is 9.59 Å². The highest BCUT2D eigenvalue weighted by Gasteiger charge is 2.21. The van der Waals surface area contributed by atoms with Crippen LogP contribution < -0.4 is 5.32 Å². The summed E-state index contributed by atoms with van der Waals surface area (Å²) in [5.41, 5.74) is 1.59. The number of nitrogens with one attached hydrogen (secondary N) is 1. The zero-order chi connectivity index (χ0) is 20.8. The quantitative estimate of drug-likeness (QED) is 0.569. The number of nitrogens with zero attached hydrogens (tertiary/aromatic N) is 3. The summed E-state index contributed by atoms with van der Waals surface area (Å²) in [5, 5.41) is 6.54. The van der Waals surface area contributed by atoms with E-state index >= 15 is 0 Å². The molecule has 1 unspecified atom stereocenters. The molecule has 2 aromatic heterocycles. The van der Waals surface area contributed by atoms with Gasteiger partial charge in [-0.2, -0.15) is 0 Å². The lowest BCUT2D eigenvalue weighted by Gasteiger charge is -2.17. The van der Waals surface area contributed by atoms with E-state index in [1.807, 2.05) is 40.6 Å². The van der Waals surface area contributed by atoms with Gasteiger partial charge >= 0.3 is 0 Å². The standard InChI is InChI=1S/C22H22N4O2S2/c27-18(25-20(21-23-10-13-29-21)16-6-2-1-3-7-16)15-30-19-9-8-17(14-24-19)22(28)26-11-4-5-12-26/h1-3,6-10,13-14,20H,4-5,11-12,15H2,(H,25,27). The molecule has 0 bridgehead atoms. The molecule has 3 aromatic rings. The van der Waals surface area contributed by atoms with Gasteiger partial charge in [0.2, 0.25) is 5.91 Å². The van der Waals surface area contributed by atoms with E-state index in [9.17, 15) is 9.59 Å². The third-order valence-electron chi connectivity index (χ3n) is 4.86. The van der Waals surface area contributed by atoms with Crippen molar-refractivity contribution >= 4 is 34.9 Å². The van der Waals surface area contributed by atoms with E-state index in [0.717, 1.165) is 36.5 Å². The number of likely N-dealkylation sites (tertiary alicyclic amines) is 1. The number of rotatable bonds is 7. The first kappa shape index (κ1) is 20.6. The molecule has 1 aliphatic heterocycles. The molecule has 4 rings (SSSR count). The third-order valence-corrected chi connectivity index (χ3v) is 6.65. The van der Waals surface area contributed by atoms with Crippen LogP contribution in [0.15, 0.2) is 65.3 Å². The van der Waals surface area contributed by atoms with Crippen LogP contribution in [-0.2, 0) is 4.79 Å². The van der Waals surface area contributed by atoms with E-state index in [1.165, 1.54) is 23.1 Å².